The number of ether oxygens (including phenoxy) is 2. The average Bonchev–Trinajstić information content (AvgIpc) is 2.59. The van der Waals surface area contributed by atoms with E-state index in [0.29, 0.717) is 12.3 Å². The van der Waals surface area contributed by atoms with Gasteiger partial charge in [0.2, 0.25) is 0 Å². The molecular weight excluding hydrogens is 393 g/mol. The number of benzene rings is 2. The van der Waals surface area contributed by atoms with Gasteiger partial charge in [-0.1, -0.05) is 18.2 Å². The fourth-order valence-corrected chi connectivity index (χ4v) is 2.66. The lowest BCUT2D eigenvalue weighted by Gasteiger charge is -2.18. The van der Waals surface area contributed by atoms with E-state index in [1.807, 2.05) is 18.2 Å². The van der Waals surface area contributed by atoms with Crippen molar-refractivity contribution >= 4 is 27.8 Å². The van der Waals surface area contributed by atoms with Crippen LogP contribution in [0.3, 0.4) is 0 Å². The summed E-state index contributed by atoms with van der Waals surface area (Å²) >= 11 is 3.09. The lowest BCUT2D eigenvalue weighted by molar-refractivity contribution is -0.133. The quantitative estimate of drug-likeness (QED) is 0.685. The lowest BCUT2D eigenvalue weighted by Crippen LogP contribution is -2.31. The van der Waals surface area contributed by atoms with Gasteiger partial charge in [0, 0.05) is 23.6 Å². The van der Waals surface area contributed by atoms with Gasteiger partial charge in [0.05, 0.1) is 12.7 Å². The first-order valence-corrected chi connectivity index (χ1v) is 8.19. The topological polar surface area (TPSA) is 55.8 Å². The van der Waals surface area contributed by atoms with E-state index >= 15 is 0 Å². The number of para-hydroxylation sites is 1. The summed E-state index contributed by atoms with van der Waals surface area (Å²) in [4.78, 5) is 25.6. The minimum atomic E-state index is -0.703. The molecule has 7 heteroatoms. The number of hydrogen-bond acceptors (Lipinski definition) is 4. The van der Waals surface area contributed by atoms with Gasteiger partial charge >= 0.3 is 5.97 Å². The number of likely N-dealkylation sites (N-methyl/N-ethyl adjacent to an activating group) is 1. The Morgan fingerprint density at radius 3 is 2.60 bits per heavy atom. The molecule has 0 N–H and O–H groups in total. The molecule has 2 aromatic carbocycles. The molecule has 0 spiro atoms. The molecule has 132 valence electrons. The van der Waals surface area contributed by atoms with Gasteiger partial charge < -0.3 is 14.4 Å². The second-order valence-electron chi connectivity index (χ2n) is 5.26. The van der Waals surface area contributed by atoms with E-state index in [4.69, 9.17) is 9.47 Å². The predicted octanol–water partition coefficient (Wildman–Crippen LogP) is 3.41. The van der Waals surface area contributed by atoms with Crippen molar-refractivity contribution < 1.29 is 23.5 Å². The van der Waals surface area contributed by atoms with Crippen molar-refractivity contribution in [2.75, 3.05) is 20.8 Å². The summed E-state index contributed by atoms with van der Waals surface area (Å²) < 4.78 is 23.6. The fourth-order valence-electron chi connectivity index (χ4n) is 2.15. The first-order valence-electron chi connectivity index (χ1n) is 7.40. The minimum absolute atomic E-state index is 0.154. The van der Waals surface area contributed by atoms with Crippen molar-refractivity contribution in [2.45, 2.75) is 6.54 Å². The number of halogens is 2. The maximum atomic E-state index is 13.0. The zero-order chi connectivity index (χ0) is 18.4. The van der Waals surface area contributed by atoms with Crippen LogP contribution in [0.15, 0.2) is 46.9 Å². The van der Waals surface area contributed by atoms with Crippen molar-refractivity contribution in [3.8, 4) is 5.75 Å². The number of hydrogen-bond donors (Lipinski definition) is 0. The Labute approximate surface area is 153 Å². The van der Waals surface area contributed by atoms with Gasteiger partial charge in [-0.2, -0.15) is 0 Å². The summed E-state index contributed by atoms with van der Waals surface area (Å²) in [7, 11) is 3.17. The van der Waals surface area contributed by atoms with Crippen LogP contribution in [0.2, 0.25) is 0 Å². The zero-order valence-corrected chi connectivity index (χ0v) is 15.4. The van der Waals surface area contributed by atoms with Crippen LogP contribution in [0.4, 0.5) is 4.39 Å². The second kappa shape index (κ2) is 8.62. The lowest BCUT2D eigenvalue weighted by atomic mass is 10.2. The molecule has 0 aliphatic rings. The molecule has 0 unspecified atom stereocenters. The molecule has 0 atom stereocenters. The second-order valence-corrected chi connectivity index (χ2v) is 6.12. The highest BCUT2D eigenvalue weighted by Gasteiger charge is 2.17. The summed E-state index contributed by atoms with van der Waals surface area (Å²) in [5, 5.41) is 0. The summed E-state index contributed by atoms with van der Waals surface area (Å²) in [6.45, 7) is -0.0884. The molecule has 0 aliphatic carbocycles. The van der Waals surface area contributed by atoms with Crippen LogP contribution in [0.1, 0.15) is 15.9 Å². The Morgan fingerprint density at radius 2 is 1.92 bits per heavy atom. The first-order chi connectivity index (χ1) is 11.9. The smallest absolute Gasteiger partial charge is 0.339 e. The van der Waals surface area contributed by atoms with E-state index in [2.05, 4.69) is 15.9 Å². The molecule has 25 heavy (non-hydrogen) atoms. The Balaban J connectivity index is 1.94. The third-order valence-electron chi connectivity index (χ3n) is 3.50. The number of carbonyl (C=O) groups excluding carboxylic acids is 2. The van der Waals surface area contributed by atoms with Gasteiger partial charge in [0.15, 0.2) is 6.61 Å². The van der Waals surface area contributed by atoms with Crippen molar-refractivity contribution in [3.05, 3.63) is 63.9 Å². The number of nitrogens with zero attached hydrogens (tertiary/aromatic N) is 1. The van der Waals surface area contributed by atoms with Gasteiger partial charge in [-0.25, -0.2) is 9.18 Å². The Kier molecular flexibility index (Phi) is 6.52. The van der Waals surface area contributed by atoms with Crippen molar-refractivity contribution in [3.63, 3.8) is 0 Å². The third-order valence-corrected chi connectivity index (χ3v) is 4.16. The van der Waals surface area contributed by atoms with E-state index in [9.17, 15) is 14.0 Å². The fraction of sp³-hybridized carbons (Fsp3) is 0.222. The molecule has 2 rings (SSSR count). The molecular formula is C18H17BrFNO4. The summed E-state index contributed by atoms with van der Waals surface area (Å²) in [5.74, 6) is -0.867. The molecule has 0 saturated carbocycles. The van der Waals surface area contributed by atoms with Crippen LogP contribution in [-0.2, 0) is 16.1 Å². The first kappa shape index (κ1) is 18.9. The summed E-state index contributed by atoms with van der Waals surface area (Å²) in [5.41, 5.74) is 0.995. The molecule has 0 fully saturated rings. The number of methoxy groups -OCH3 is 1. The molecule has 2 aromatic rings. The Bertz CT molecular complexity index is 781. The normalized spacial score (nSPS) is 10.2. The summed E-state index contributed by atoms with van der Waals surface area (Å²) in [6, 6.07) is 11.0. The van der Waals surface area contributed by atoms with Gasteiger partial charge in [0.1, 0.15) is 11.6 Å². The highest BCUT2D eigenvalue weighted by Crippen LogP contribution is 2.20. The average molecular weight is 410 g/mol. The maximum absolute atomic E-state index is 13.0. The Morgan fingerprint density at radius 1 is 1.20 bits per heavy atom. The van der Waals surface area contributed by atoms with Gasteiger partial charge in [-0.3, -0.25) is 4.79 Å². The van der Waals surface area contributed by atoms with E-state index in [-0.39, 0.29) is 15.9 Å². The zero-order valence-electron chi connectivity index (χ0n) is 13.8. The molecule has 1 amide bonds. The highest BCUT2D eigenvalue weighted by atomic mass is 79.9. The molecule has 0 saturated heterocycles. The van der Waals surface area contributed by atoms with Crippen LogP contribution < -0.4 is 4.74 Å². The predicted molar refractivity (Wildman–Crippen MR) is 93.9 cm³/mol. The molecule has 0 aliphatic heterocycles. The molecule has 5 nitrogen and oxygen atoms in total. The summed E-state index contributed by atoms with van der Waals surface area (Å²) in [6.07, 6.45) is 0. The van der Waals surface area contributed by atoms with Gasteiger partial charge in [-0.05, 0) is 40.2 Å². The van der Waals surface area contributed by atoms with Crippen LogP contribution >= 0.6 is 15.9 Å². The third kappa shape index (κ3) is 5.03. The minimum Gasteiger partial charge on any atom is -0.496 e. The largest absolute Gasteiger partial charge is 0.496 e. The van der Waals surface area contributed by atoms with Crippen LogP contribution in [-0.4, -0.2) is 37.5 Å². The van der Waals surface area contributed by atoms with Crippen molar-refractivity contribution in [1.82, 2.24) is 4.90 Å². The van der Waals surface area contributed by atoms with Crippen LogP contribution in [0, 0.1) is 5.82 Å². The van der Waals surface area contributed by atoms with Crippen LogP contribution in [0.25, 0.3) is 0 Å². The molecule has 0 heterocycles. The standard InChI is InChI=1S/C18H17BrFNO4/c1-21(10-12-5-3-4-6-16(12)24-2)17(22)11-25-18(23)14-8-7-13(20)9-15(14)19/h3-9H,10-11H2,1-2H3. The van der Waals surface area contributed by atoms with E-state index in [1.54, 1.807) is 20.2 Å². The number of amides is 1. The monoisotopic (exact) mass is 409 g/mol. The van der Waals surface area contributed by atoms with Crippen molar-refractivity contribution in [1.29, 1.82) is 0 Å². The van der Waals surface area contributed by atoms with E-state index in [1.165, 1.54) is 11.0 Å². The molecule has 0 aromatic heterocycles. The number of esters is 1. The number of rotatable bonds is 6. The van der Waals surface area contributed by atoms with E-state index in [0.717, 1.165) is 17.7 Å². The molecule has 0 bridgehead atoms. The highest BCUT2D eigenvalue weighted by molar-refractivity contribution is 9.10. The molecule has 0 radical (unpaired) electrons. The Hall–Kier alpha value is -2.41. The van der Waals surface area contributed by atoms with Gasteiger partial charge in [0.25, 0.3) is 5.91 Å². The van der Waals surface area contributed by atoms with E-state index < -0.39 is 18.4 Å². The van der Waals surface area contributed by atoms with Crippen molar-refractivity contribution in [2.24, 2.45) is 0 Å². The van der Waals surface area contributed by atoms with Gasteiger partial charge in [-0.15, -0.1) is 0 Å². The number of carbonyl (C=O) groups is 2. The maximum Gasteiger partial charge on any atom is 0.339 e. The van der Waals surface area contributed by atoms with Crippen LogP contribution in [0.5, 0.6) is 5.75 Å². The SMILES string of the molecule is COc1ccccc1CN(C)C(=O)COC(=O)c1ccc(F)cc1Br.